The molecular weight excluding hydrogens is 460 g/mol. The molecule has 33 heavy (non-hydrogen) atoms. The van der Waals surface area contributed by atoms with Crippen LogP contribution in [0.3, 0.4) is 0 Å². The van der Waals surface area contributed by atoms with Crippen molar-refractivity contribution < 1.29 is 19.0 Å². The van der Waals surface area contributed by atoms with Gasteiger partial charge < -0.3 is 19.5 Å². The highest BCUT2D eigenvalue weighted by Gasteiger charge is 2.17. The van der Waals surface area contributed by atoms with Gasteiger partial charge in [0.1, 0.15) is 5.01 Å². The molecular formula is C25H21ClN2O4S. The van der Waals surface area contributed by atoms with E-state index in [9.17, 15) is 4.79 Å². The third-order valence-corrected chi connectivity index (χ3v) is 6.08. The normalized spacial score (nSPS) is 10.5. The number of rotatable bonds is 7. The van der Waals surface area contributed by atoms with E-state index in [0.717, 1.165) is 21.8 Å². The summed E-state index contributed by atoms with van der Waals surface area (Å²) >= 11 is 7.53. The highest BCUT2D eigenvalue weighted by atomic mass is 35.5. The summed E-state index contributed by atoms with van der Waals surface area (Å²) in [4.78, 5) is 17.7. The number of amides is 1. The lowest BCUT2D eigenvalue weighted by atomic mass is 10.1. The minimum Gasteiger partial charge on any atom is -0.493 e. The molecule has 6 nitrogen and oxygen atoms in total. The molecule has 0 unspecified atom stereocenters. The van der Waals surface area contributed by atoms with Gasteiger partial charge in [-0.2, -0.15) is 0 Å². The summed E-state index contributed by atoms with van der Waals surface area (Å²) < 4.78 is 16.0. The molecule has 1 aromatic heterocycles. The lowest BCUT2D eigenvalue weighted by Crippen LogP contribution is -2.12. The van der Waals surface area contributed by atoms with Crippen LogP contribution in [-0.2, 0) is 0 Å². The van der Waals surface area contributed by atoms with Gasteiger partial charge in [0.15, 0.2) is 11.5 Å². The average molecular weight is 481 g/mol. The number of hydrogen-bond donors (Lipinski definition) is 1. The van der Waals surface area contributed by atoms with E-state index in [2.05, 4.69) is 5.32 Å². The zero-order valence-electron chi connectivity index (χ0n) is 18.2. The molecule has 8 heteroatoms. The van der Waals surface area contributed by atoms with Crippen molar-refractivity contribution in [1.82, 2.24) is 4.98 Å². The molecule has 168 valence electrons. The predicted octanol–water partition coefficient (Wildman–Crippen LogP) is 6.41. The standard InChI is InChI=1S/C25H21ClN2O4S/c1-30-21-12-17(13-22(31-2)23(21)32-3)24(29)27-19-6-4-5-16(11-19)20-14-33-25(28-20)15-7-9-18(26)10-8-15/h4-14H,1-3H3,(H,27,29). The van der Waals surface area contributed by atoms with Crippen molar-refractivity contribution in [2.45, 2.75) is 0 Å². The lowest BCUT2D eigenvalue weighted by Gasteiger charge is -2.14. The van der Waals surface area contributed by atoms with Gasteiger partial charge in [0.2, 0.25) is 5.75 Å². The Balaban J connectivity index is 1.57. The molecule has 0 radical (unpaired) electrons. The Morgan fingerprint density at radius 1 is 0.909 bits per heavy atom. The van der Waals surface area contributed by atoms with Crippen molar-refractivity contribution in [1.29, 1.82) is 0 Å². The van der Waals surface area contributed by atoms with Crippen LogP contribution in [0.5, 0.6) is 17.2 Å². The number of hydrogen-bond acceptors (Lipinski definition) is 6. The van der Waals surface area contributed by atoms with E-state index >= 15 is 0 Å². The fraction of sp³-hybridized carbons (Fsp3) is 0.120. The van der Waals surface area contributed by atoms with Crippen LogP contribution in [-0.4, -0.2) is 32.2 Å². The highest BCUT2D eigenvalue weighted by Crippen LogP contribution is 2.38. The van der Waals surface area contributed by atoms with E-state index in [1.807, 2.05) is 53.9 Å². The molecule has 0 saturated carbocycles. The van der Waals surface area contributed by atoms with Crippen molar-refractivity contribution >= 4 is 34.5 Å². The summed E-state index contributed by atoms with van der Waals surface area (Å²) in [6.45, 7) is 0. The topological polar surface area (TPSA) is 69.7 Å². The molecule has 1 amide bonds. The summed E-state index contributed by atoms with van der Waals surface area (Å²) in [6.07, 6.45) is 0. The van der Waals surface area contributed by atoms with Gasteiger partial charge in [0.25, 0.3) is 5.91 Å². The van der Waals surface area contributed by atoms with Gasteiger partial charge in [-0.05, 0) is 36.4 Å². The van der Waals surface area contributed by atoms with Crippen LogP contribution < -0.4 is 19.5 Å². The molecule has 4 aromatic rings. The van der Waals surface area contributed by atoms with Gasteiger partial charge in [0.05, 0.1) is 27.0 Å². The van der Waals surface area contributed by atoms with Crippen LogP contribution in [0.4, 0.5) is 5.69 Å². The first-order valence-electron chi connectivity index (χ1n) is 9.95. The van der Waals surface area contributed by atoms with Crippen molar-refractivity contribution in [2.75, 3.05) is 26.6 Å². The number of aromatic nitrogens is 1. The van der Waals surface area contributed by atoms with E-state index in [1.165, 1.54) is 21.3 Å². The van der Waals surface area contributed by atoms with Crippen LogP contribution in [0.25, 0.3) is 21.8 Å². The molecule has 0 atom stereocenters. The second-order valence-electron chi connectivity index (χ2n) is 6.99. The first kappa shape index (κ1) is 22.6. The minimum atomic E-state index is -0.300. The number of ether oxygens (including phenoxy) is 3. The molecule has 4 rings (SSSR count). The largest absolute Gasteiger partial charge is 0.493 e. The van der Waals surface area contributed by atoms with Gasteiger partial charge in [-0.15, -0.1) is 11.3 Å². The Morgan fingerprint density at radius 3 is 2.24 bits per heavy atom. The monoisotopic (exact) mass is 480 g/mol. The third-order valence-electron chi connectivity index (χ3n) is 4.94. The van der Waals surface area contributed by atoms with Gasteiger partial charge >= 0.3 is 0 Å². The SMILES string of the molecule is COc1cc(C(=O)Nc2cccc(-c3csc(-c4ccc(Cl)cc4)n3)c2)cc(OC)c1OC. The second kappa shape index (κ2) is 9.94. The van der Waals surface area contributed by atoms with Crippen LogP contribution in [0.15, 0.2) is 66.0 Å². The number of halogens is 1. The first-order chi connectivity index (χ1) is 16.0. The summed E-state index contributed by atoms with van der Waals surface area (Å²) in [6, 6.07) is 18.3. The van der Waals surface area contributed by atoms with Gasteiger partial charge in [-0.1, -0.05) is 35.9 Å². The van der Waals surface area contributed by atoms with Gasteiger partial charge in [0, 0.05) is 32.8 Å². The van der Waals surface area contributed by atoms with Crippen LogP contribution in [0.2, 0.25) is 5.02 Å². The number of anilines is 1. The summed E-state index contributed by atoms with van der Waals surface area (Å²) in [5, 5.41) is 6.50. The molecule has 1 heterocycles. The second-order valence-corrected chi connectivity index (χ2v) is 8.29. The summed E-state index contributed by atoms with van der Waals surface area (Å²) in [7, 11) is 4.53. The first-order valence-corrected chi connectivity index (χ1v) is 11.2. The number of benzene rings is 3. The van der Waals surface area contributed by atoms with Crippen molar-refractivity contribution in [3.05, 3.63) is 76.6 Å². The quantitative estimate of drug-likeness (QED) is 0.331. The Morgan fingerprint density at radius 2 is 1.61 bits per heavy atom. The van der Waals surface area contributed by atoms with Crippen LogP contribution in [0.1, 0.15) is 10.4 Å². The Labute approximate surface area is 200 Å². The fourth-order valence-corrected chi connectivity index (χ4v) is 4.26. The van der Waals surface area contributed by atoms with Crippen molar-refractivity contribution in [3.63, 3.8) is 0 Å². The molecule has 0 saturated heterocycles. The van der Waals surface area contributed by atoms with Gasteiger partial charge in [-0.25, -0.2) is 4.98 Å². The van der Waals surface area contributed by atoms with Gasteiger partial charge in [-0.3, -0.25) is 4.79 Å². The average Bonchev–Trinajstić information content (AvgIpc) is 3.34. The van der Waals surface area contributed by atoms with Crippen molar-refractivity contribution in [2.24, 2.45) is 0 Å². The zero-order valence-corrected chi connectivity index (χ0v) is 19.8. The number of nitrogens with one attached hydrogen (secondary N) is 1. The fourth-order valence-electron chi connectivity index (χ4n) is 3.30. The molecule has 0 aliphatic rings. The maximum absolute atomic E-state index is 12.9. The number of methoxy groups -OCH3 is 3. The third kappa shape index (κ3) is 4.94. The number of carbonyl (C=O) groups is 1. The molecule has 0 aliphatic heterocycles. The van der Waals surface area contributed by atoms with Crippen molar-refractivity contribution in [3.8, 4) is 39.1 Å². The number of nitrogens with zero attached hydrogens (tertiary/aromatic N) is 1. The molecule has 0 spiro atoms. The minimum absolute atomic E-state index is 0.300. The Kier molecular flexibility index (Phi) is 6.82. The number of thiazole rings is 1. The molecule has 0 bridgehead atoms. The molecule has 1 N–H and O–H groups in total. The number of carbonyl (C=O) groups excluding carboxylic acids is 1. The molecule has 0 aliphatic carbocycles. The van der Waals surface area contributed by atoms with Crippen LogP contribution >= 0.6 is 22.9 Å². The summed E-state index contributed by atoms with van der Waals surface area (Å²) in [5.74, 6) is 0.950. The Hall–Kier alpha value is -3.55. The van der Waals surface area contributed by atoms with E-state index < -0.39 is 0 Å². The van der Waals surface area contributed by atoms with E-state index in [1.54, 1.807) is 23.5 Å². The predicted molar refractivity (Wildman–Crippen MR) is 132 cm³/mol. The summed E-state index contributed by atoms with van der Waals surface area (Å²) in [5.41, 5.74) is 3.76. The smallest absolute Gasteiger partial charge is 0.255 e. The van der Waals surface area contributed by atoms with Crippen LogP contribution in [0, 0.1) is 0 Å². The van der Waals surface area contributed by atoms with E-state index in [-0.39, 0.29) is 5.91 Å². The maximum atomic E-state index is 12.9. The molecule has 0 fully saturated rings. The van der Waals surface area contributed by atoms with E-state index in [0.29, 0.717) is 33.5 Å². The lowest BCUT2D eigenvalue weighted by molar-refractivity contribution is 0.102. The van der Waals surface area contributed by atoms with E-state index in [4.69, 9.17) is 30.8 Å². The highest BCUT2D eigenvalue weighted by molar-refractivity contribution is 7.13. The molecule has 3 aromatic carbocycles. The Bertz CT molecular complexity index is 1260. The zero-order chi connectivity index (χ0) is 23.4. The maximum Gasteiger partial charge on any atom is 0.255 e.